The molecule has 1 N–H and O–H groups in total. The van der Waals surface area contributed by atoms with Crippen molar-refractivity contribution in [1.29, 1.82) is 0 Å². The van der Waals surface area contributed by atoms with Gasteiger partial charge in [0.1, 0.15) is 5.82 Å². The molecule has 0 atom stereocenters. The van der Waals surface area contributed by atoms with Crippen LogP contribution in [0.15, 0.2) is 24.3 Å². The maximum Gasteiger partial charge on any atom is 0.234 e. The zero-order valence-electron chi connectivity index (χ0n) is 9.78. The van der Waals surface area contributed by atoms with Gasteiger partial charge in [0, 0.05) is 34.6 Å². The van der Waals surface area contributed by atoms with Crippen LogP contribution < -0.4 is 5.32 Å². The maximum atomic E-state index is 13.6. The quantitative estimate of drug-likeness (QED) is 0.899. The van der Waals surface area contributed by atoms with Crippen molar-refractivity contribution in [3.05, 3.63) is 35.0 Å². The second-order valence-electron chi connectivity index (χ2n) is 4.42. The number of halogens is 1. The normalized spacial score (nSPS) is 17.1. The number of rotatable bonds is 2. The van der Waals surface area contributed by atoms with Gasteiger partial charge in [0.05, 0.1) is 6.54 Å². The first-order chi connectivity index (χ1) is 8.72. The lowest BCUT2D eigenvalue weighted by Crippen LogP contribution is -2.46. The Balaban J connectivity index is 1.82. The molecule has 1 aliphatic heterocycles. The van der Waals surface area contributed by atoms with Crippen molar-refractivity contribution in [2.24, 2.45) is 0 Å². The summed E-state index contributed by atoms with van der Waals surface area (Å²) in [6.45, 7) is 2.68. The Morgan fingerprint density at radius 3 is 3.11 bits per heavy atom. The Morgan fingerprint density at radius 2 is 2.33 bits per heavy atom. The van der Waals surface area contributed by atoms with Crippen LogP contribution in [0.5, 0.6) is 0 Å². The van der Waals surface area contributed by atoms with Gasteiger partial charge in [-0.2, -0.15) is 0 Å². The molecule has 1 aromatic heterocycles. The number of carbonyl (C=O) groups excluding carboxylic acids is 1. The molecular weight excluding hydrogens is 251 g/mol. The van der Waals surface area contributed by atoms with Crippen LogP contribution in [0.2, 0.25) is 0 Å². The molecule has 0 radical (unpaired) electrons. The minimum Gasteiger partial charge on any atom is -0.354 e. The van der Waals surface area contributed by atoms with Crippen molar-refractivity contribution >= 4 is 27.3 Å². The summed E-state index contributed by atoms with van der Waals surface area (Å²) in [5.74, 6) is -0.111. The van der Waals surface area contributed by atoms with E-state index < -0.39 is 0 Å². The molecule has 18 heavy (non-hydrogen) atoms. The third kappa shape index (κ3) is 2.23. The van der Waals surface area contributed by atoms with Gasteiger partial charge in [-0.15, -0.1) is 11.3 Å². The molecule has 1 amide bonds. The largest absolute Gasteiger partial charge is 0.354 e. The van der Waals surface area contributed by atoms with E-state index in [1.165, 1.54) is 6.07 Å². The minimum absolute atomic E-state index is 0.0635. The highest BCUT2D eigenvalue weighted by Gasteiger charge is 2.17. The fraction of sp³-hybridized carbons (Fsp3) is 0.308. The molecule has 94 valence electrons. The highest BCUT2D eigenvalue weighted by atomic mass is 32.1. The molecule has 1 fully saturated rings. The predicted octanol–water partition coefficient (Wildman–Crippen LogP) is 1.97. The minimum atomic E-state index is -0.175. The maximum absolute atomic E-state index is 13.6. The van der Waals surface area contributed by atoms with Crippen LogP contribution in [0, 0.1) is 5.82 Å². The Labute approximate surface area is 108 Å². The molecule has 3 nitrogen and oxygen atoms in total. The number of nitrogens with zero attached hydrogens (tertiary/aromatic N) is 1. The topological polar surface area (TPSA) is 32.3 Å². The van der Waals surface area contributed by atoms with Crippen LogP contribution in [0.1, 0.15) is 4.88 Å². The molecule has 1 saturated heterocycles. The van der Waals surface area contributed by atoms with Crippen LogP contribution in [-0.2, 0) is 11.3 Å². The standard InChI is InChI=1S/C13H13FN2OS/c14-11-2-1-3-12-10(11)6-9(18-12)7-16-5-4-15-13(17)8-16/h1-3,6H,4-5,7-8H2,(H,15,17). The summed E-state index contributed by atoms with van der Waals surface area (Å²) in [6.07, 6.45) is 0. The van der Waals surface area contributed by atoms with Crippen LogP contribution >= 0.6 is 11.3 Å². The van der Waals surface area contributed by atoms with Crippen LogP contribution in [0.25, 0.3) is 10.1 Å². The van der Waals surface area contributed by atoms with Crippen molar-refractivity contribution in [2.45, 2.75) is 6.54 Å². The summed E-state index contributed by atoms with van der Waals surface area (Å²) >= 11 is 1.59. The van der Waals surface area contributed by atoms with Crippen molar-refractivity contribution in [3.63, 3.8) is 0 Å². The van der Waals surface area contributed by atoms with E-state index in [1.807, 2.05) is 12.1 Å². The number of hydrogen-bond acceptors (Lipinski definition) is 3. The lowest BCUT2D eigenvalue weighted by molar-refractivity contribution is -0.124. The number of carbonyl (C=O) groups is 1. The van der Waals surface area contributed by atoms with Gasteiger partial charge in [0.15, 0.2) is 0 Å². The third-order valence-corrected chi connectivity index (χ3v) is 4.14. The number of fused-ring (bicyclic) bond motifs is 1. The van der Waals surface area contributed by atoms with E-state index >= 15 is 0 Å². The predicted molar refractivity (Wildman–Crippen MR) is 70.1 cm³/mol. The highest BCUT2D eigenvalue weighted by molar-refractivity contribution is 7.19. The van der Waals surface area contributed by atoms with E-state index in [0.29, 0.717) is 25.0 Å². The van der Waals surface area contributed by atoms with Crippen molar-refractivity contribution < 1.29 is 9.18 Å². The van der Waals surface area contributed by atoms with Crippen molar-refractivity contribution in [1.82, 2.24) is 10.2 Å². The molecule has 0 saturated carbocycles. The number of benzene rings is 1. The Morgan fingerprint density at radius 1 is 1.44 bits per heavy atom. The van der Waals surface area contributed by atoms with Gasteiger partial charge in [-0.25, -0.2) is 4.39 Å². The highest BCUT2D eigenvalue weighted by Crippen LogP contribution is 2.28. The Hall–Kier alpha value is -1.46. The summed E-state index contributed by atoms with van der Waals surface area (Å²) in [6, 6.07) is 7.02. The summed E-state index contributed by atoms with van der Waals surface area (Å²) in [5.41, 5.74) is 0. The lowest BCUT2D eigenvalue weighted by atomic mass is 10.2. The molecule has 0 bridgehead atoms. The van der Waals surface area contributed by atoms with Crippen molar-refractivity contribution in [2.75, 3.05) is 19.6 Å². The molecule has 2 aromatic rings. The van der Waals surface area contributed by atoms with Crippen LogP contribution in [-0.4, -0.2) is 30.4 Å². The fourth-order valence-electron chi connectivity index (χ4n) is 2.20. The smallest absolute Gasteiger partial charge is 0.234 e. The van der Waals surface area contributed by atoms with Crippen molar-refractivity contribution in [3.8, 4) is 0 Å². The first-order valence-corrected chi connectivity index (χ1v) is 6.70. The molecule has 0 unspecified atom stereocenters. The molecule has 5 heteroatoms. The van der Waals surface area contributed by atoms with Gasteiger partial charge in [-0.05, 0) is 18.2 Å². The average molecular weight is 264 g/mol. The summed E-state index contributed by atoms with van der Waals surface area (Å²) in [5, 5.41) is 3.48. The third-order valence-electron chi connectivity index (χ3n) is 3.06. The molecule has 3 rings (SSSR count). The van der Waals surface area contributed by atoms with E-state index in [-0.39, 0.29) is 11.7 Å². The molecule has 1 aromatic carbocycles. The molecule has 2 heterocycles. The number of hydrogen-bond donors (Lipinski definition) is 1. The fourth-order valence-corrected chi connectivity index (χ4v) is 3.32. The Bertz CT molecular complexity index is 596. The second kappa shape index (κ2) is 4.66. The zero-order chi connectivity index (χ0) is 12.5. The summed E-state index contributed by atoms with van der Waals surface area (Å²) in [4.78, 5) is 14.5. The molecular formula is C13H13FN2OS. The van der Waals surface area contributed by atoms with E-state index in [4.69, 9.17) is 0 Å². The molecule has 0 spiro atoms. The SMILES string of the molecule is O=C1CN(Cc2cc3c(F)cccc3s2)CCN1. The zero-order valence-corrected chi connectivity index (χ0v) is 10.6. The summed E-state index contributed by atoms with van der Waals surface area (Å²) in [7, 11) is 0. The van der Waals surface area contributed by atoms with Crippen LogP contribution in [0.4, 0.5) is 4.39 Å². The summed E-state index contributed by atoms with van der Waals surface area (Å²) < 4.78 is 14.5. The number of amides is 1. The van der Waals surface area contributed by atoms with Crippen LogP contribution in [0.3, 0.4) is 0 Å². The number of piperazine rings is 1. The number of thiophene rings is 1. The van der Waals surface area contributed by atoms with E-state index in [0.717, 1.165) is 16.1 Å². The first-order valence-electron chi connectivity index (χ1n) is 5.88. The van der Waals surface area contributed by atoms with E-state index in [1.54, 1.807) is 17.4 Å². The number of nitrogens with one attached hydrogen (secondary N) is 1. The van der Waals surface area contributed by atoms with E-state index in [9.17, 15) is 9.18 Å². The van der Waals surface area contributed by atoms with Gasteiger partial charge < -0.3 is 5.32 Å². The molecule has 1 aliphatic rings. The average Bonchev–Trinajstić information content (AvgIpc) is 2.73. The lowest BCUT2D eigenvalue weighted by Gasteiger charge is -2.25. The van der Waals surface area contributed by atoms with Gasteiger partial charge in [-0.3, -0.25) is 9.69 Å². The first kappa shape index (κ1) is 11.6. The van der Waals surface area contributed by atoms with E-state index in [2.05, 4.69) is 10.2 Å². The van der Waals surface area contributed by atoms with Gasteiger partial charge >= 0.3 is 0 Å². The van der Waals surface area contributed by atoms with Gasteiger partial charge in [0.25, 0.3) is 0 Å². The molecule has 0 aliphatic carbocycles. The monoisotopic (exact) mass is 264 g/mol. The second-order valence-corrected chi connectivity index (χ2v) is 5.59. The Kier molecular flexibility index (Phi) is 3.01. The van der Waals surface area contributed by atoms with Gasteiger partial charge in [-0.1, -0.05) is 6.07 Å². The van der Waals surface area contributed by atoms with Gasteiger partial charge in [0.2, 0.25) is 5.91 Å².